The highest BCUT2D eigenvalue weighted by atomic mass is 28.4. The zero-order valence-electron chi connectivity index (χ0n) is 22.9. The Balaban J connectivity index is 1.48. The molecule has 4 fully saturated rings. The second kappa shape index (κ2) is 9.22. The van der Waals surface area contributed by atoms with E-state index in [-0.39, 0.29) is 5.97 Å². The molecule has 0 aromatic heterocycles. The van der Waals surface area contributed by atoms with E-state index in [0.29, 0.717) is 29.1 Å². The molecule has 0 aliphatic heterocycles. The molecular weight excluding hydrogens is 438 g/mol. The molecule has 0 radical (unpaired) electrons. The number of nitriles is 1. The molecule has 0 saturated heterocycles. The van der Waals surface area contributed by atoms with Crippen LogP contribution in [0.2, 0.25) is 19.6 Å². The number of rotatable bonds is 6. The number of ether oxygens (including phenoxy) is 1. The Bertz CT molecular complexity index is 817. The quantitative estimate of drug-likeness (QED) is 0.290. The van der Waals surface area contributed by atoms with Crippen molar-refractivity contribution in [1.82, 2.24) is 0 Å². The molecule has 0 bridgehead atoms. The van der Waals surface area contributed by atoms with Crippen molar-refractivity contribution in [1.29, 1.82) is 5.26 Å². The SMILES string of the molecule is COC(=O)CC[C@@H](C)[C@H]1CC[C@H]2[C@@H]3CC[C@@H]4CC(C#N)(O[Si](C)(C)C)CC[C@]4(C)[C@H]3CC[C@]12C. The third kappa shape index (κ3) is 4.52. The molecule has 4 rings (SSSR count). The van der Waals surface area contributed by atoms with Gasteiger partial charge in [0.25, 0.3) is 0 Å². The van der Waals surface area contributed by atoms with Crippen molar-refractivity contribution < 1.29 is 14.0 Å². The number of hydrogen-bond acceptors (Lipinski definition) is 4. The van der Waals surface area contributed by atoms with E-state index in [9.17, 15) is 10.1 Å². The van der Waals surface area contributed by atoms with E-state index in [1.54, 1.807) is 0 Å². The van der Waals surface area contributed by atoms with E-state index >= 15 is 0 Å². The second-order valence-electron chi connectivity index (χ2n) is 14.0. The minimum Gasteiger partial charge on any atom is -0.469 e. The lowest BCUT2D eigenvalue weighted by Crippen LogP contribution is -2.57. The fourth-order valence-electron chi connectivity index (χ4n) is 9.66. The normalized spacial score (nSPS) is 44.8. The minimum absolute atomic E-state index is 0.0645. The van der Waals surface area contributed by atoms with Crippen molar-refractivity contribution in [2.24, 2.45) is 46.3 Å². The maximum absolute atomic E-state index is 11.7. The first-order chi connectivity index (χ1) is 15.9. The van der Waals surface area contributed by atoms with Gasteiger partial charge in [-0.05, 0) is 130 Å². The van der Waals surface area contributed by atoms with Gasteiger partial charge in [-0.25, -0.2) is 0 Å². The summed E-state index contributed by atoms with van der Waals surface area (Å²) in [4.78, 5) is 11.7. The largest absolute Gasteiger partial charge is 0.469 e. The lowest BCUT2D eigenvalue weighted by Gasteiger charge is -2.62. The summed E-state index contributed by atoms with van der Waals surface area (Å²) in [5.74, 6) is 4.35. The maximum Gasteiger partial charge on any atom is 0.305 e. The molecule has 34 heavy (non-hydrogen) atoms. The Labute approximate surface area is 209 Å². The molecular formula is C29H49NO3Si. The van der Waals surface area contributed by atoms with Crippen LogP contribution in [-0.4, -0.2) is 27.0 Å². The predicted octanol–water partition coefficient (Wildman–Crippen LogP) is 7.35. The third-order valence-electron chi connectivity index (χ3n) is 11.2. The summed E-state index contributed by atoms with van der Waals surface area (Å²) < 4.78 is 11.5. The Hall–Kier alpha value is -0.863. The van der Waals surface area contributed by atoms with Crippen LogP contribution in [0.15, 0.2) is 0 Å². The topological polar surface area (TPSA) is 59.3 Å². The zero-order valence-corrected chi connectivity index (χ0v) is 23.9. The van der Waals surface area contributed by atoms with Crippen molar-refractivity contribution >= 4 is 14.3 Å². The number of fused-ring (bicyclic) bond motifs is 5. The molecule has 4 aliphatic carbocycles. The summed E-state index contributed by atoms with van der Waals surface area (Å²) >= 11 is 0. The summed E-state index contributed by atoms with van der Waals surface area (Å²) in [6.45, 7) is 14.2. The van der Waals surface area contributed by atoms with Gasteiger partial charge >= 0.3 is 5.97 Å². The molecule has 0 heterocycles. The monoisotopic (exact) mass is 487 g/mol. The van der Waals surface area contributed by atoms with Crippen molar-refractivity contribution in [2.75, 3.05) is 7.11 Å². The number of carbonyl (C=O) groups is 1. The van der Waals surface area contributed by atoms with Gasteiger partial charge in [-0.15, -0.1) is 0 Å². The predicted molar refractivity (Wildman–Crippen MR) is 138 cm³/mol. The first-order valence-corrected chi connectivity index (χ1v) is 17.5. The first kappa shape index (κ1) is 26.2. The number of carbonyl (C=O) groups excluding carboxylic acids is 1. The third-order valence-corrected chi connectivity index (χ3v) is 12.2. The molecule has 9 atom stereocenters. The molecule has 0 aromatic carbocycles. The van der Waals surface area contributed by atoms with Gasteiger partial charge in [-0.3, -0.25) is 4.79 Å². The molecule has 1 unspecified atom stereocenters. The first-order valence-electron chi connectivity index (χ1n) is 14.1. The van der Waals surface area contributed by atoms with Crippen LogP contribution < -0.4 is 0 Å². The van der Waals surface area contributed by atoms with Crippen LogP contribution in [0.3, 0.4) is 0 Å². The molecule has 4 nitrogen and oxygen atoms in total. The van der Waals surface area contributed by atoms with Crippen LogP contribution in [0.5, 0.6) is 0 Å². The lowest BCUT2D eigenvalue weighted by molar-refractivity contribution is -0.142. The maximum atomic E-state index is 11.7. The van der Waals surface area contributed by atoms with E-state index in [1.165, 1.54) is 45.6 Å². The van der Waals surface area contributed by atoms with Gasteiger partial charge in [0.2, 0.25) is 0 Å². The number of esters is 1. The zero-order chi connectivity index (χ0) is 24.9. The highest BCUT2D eigenvalue weighted by molar-refractivity contribution is 6.69. The van der Waals surface area contributed by atoms with Crippen molar-refractivity contribution in [3.05, 3.63) is 0 Å². The van der Waals surface area contributed by atoms with Gasteiger partial charge in [-0.1, -0.05) is 20.8 Å². The fraction of sp³-hybridized carbons (Fsp3) is 0.931. The molecule has 5 heteroatoms. The highest BCUT2D eigenvalue weighted by Crippen LogP contribution is 2.69. The van der Waals surface area contributed by atoms with Crippen LogP contribution in [-0.2, 0) is 14.0 Å². The van der Waals surface area contributed by atoms with Crippen LogP contribution in [0.25, 0.3) is 0 Å². The molecule has 0 spiro atoms. The lowest BCUT2D eigenvalue weighted by atomic mass is 9.43. The van der Waals surface area contributed by atoms with Crippen molar-refractivity contribution in [3.63, 3.8) is 0 Å². The van der Waals surface area contributed by atoms with Crippen LogP contribution in [0.1, 0.15) is 91.4 Å². The summed E-state index contributed by atoms with van der Waals surface area (Å²) in [6, 6.07) is 2.66. The van der Waals surface area contributed by atoms with Crippen molar-refractivity contribution in [3.8, 4) is 6.07 Å². The molecule has 4 saturated carbocycles. The Morgan fingerprint density at radius 2 is 1.74 bits per heavy atom. The summed E-state index contributed by atoms with van der Waals surface area (Å²) in [5.41, 5.74) is 0.242. The fourth-order valence-corrected chi connectivity index (χ4v) is 11.1. The highest BCUT2D eigenvalue weighted by Gasteiger charge is 2.62. The average molecular weight is 488 g/mol. The molecule has 4 aliphatic rings. The molecule has 192 valence electrons. The smallest absolute Gasteiger partial charge is 0.305 e. The Morgan fingerprint density at radius 3 is 2.38 bits per heavy atom. The van der Waals surface area contributed by atoms with Crippen LogP contribution >= 0.6 is 0 Å². The average Bonchev–Trinajstić information content (AvgIpc) is 3.13. The van der Waals surface area contributed by atoms with Crippen LogP contribution in [0, 0.1) is 57.7 Å². The van der Waals surface area contributed by atoms with Gasteiger partial charge in [0.05, 0.1) is 13.2 Å². The molecule has 0 amide bonds. The van der Waals surface area contributed by atoms with Crippen molar-refractivity contribution in [2.45, 2.75) is 117 Å². The van der Waals surface area contributed by atoms with Gasteiger partial charge in [-0.2, -0.15) is 5.26 Å². The van der Waals surface area contributed by atoms with E-state index in [4.69, 9.17) is 9.16 Å². The Morgan fingerprint density at radius 1 is 1.03 bits per heavy atom. The molecule has 0 N–H and O–H groups in total. The standard InChI is InChI=1S/C29H49NO3Si/c1-20(8-13-26(31)32-4)23-11-12-24-22-10-9-21-18-29(19-30,33-34(5,6)7)17-16-27(21,2)25(22)14-15-28(23,24)3/h20-25H,8-18H2,1-7H3/t20-,21-,22+,23-,24+,25+,27+,28-,29?/m1/s1. The van der Waals surface area contributed by atoms with E-state index in [2.05, 4.69) is 46.5 Å². The Kier molecular flexibility index (Phi) is 7.11. The number of nitrogens with zero attached hydrogens (tertiary/aromatic N) is 1. The van der Waals surface area contributed by atoms with E-state index < -0.39 is 13.9 Å². The van der Waals surface area contributed by atoms with Gasteiger partial charge in [0, 0.05) is 6.42 Å². The van der Waals surface area contributed by atoms with Gasteiger partial charge in [0.1, 0.15) is 5.60 Å². The minimum atomic E-state index is -1.77. The summed E-state index contributed by atoms with van der Waals surface area (Å²) in [6.07, 6.45) is 12.5. The van der Waals surface area contributed by atoms with Gasteiger partial charge in [0.15, 0.2) is 8.32 Å². The number of methoxy groups -OCH3 is 1. The van der Waals surface area contributed by atoms with Gasteiger partial charge < -0.3 is 9.16 Å². The second-order valence-corrected chi connectivity index (χ2v) is 18.4. The number of hydrogen-bond donors (Lipinski definition) is 0. The summed E-state index contributed by atoms with van der Waals surface area (Å²) in [5, 5.41) is 10.2. The van der Waals surface area contributed by atoms with E-state index in [0.717, 1.165) is 49.4 Å². The van der Waals surface area contributed by atoms with Crippen LogP contribution in [0.4, 0.5) is 0 Å². The van der Waals surface area contributed by atoms with E-state index in [1.807, 2.05) is 0 Å². The summed E-state index contributed by atoms with van der Waals surface area (Å²) in [7, 11) is -0.266. The molecule has 0 aromatic rings.